The van der Waals surface area contributed by atoms with E-state index in [-0.39, 0.29) is 11.5 Å². The molecule has 0 heterocycles. The smallest absolute Gasteiger partial charge is 0.398 e. The minimum absolute atomic E-state index is 0.131. The van der Waals surface area contributed by atoms with Crippen molar-refractivity contribution in [2.75, 3.05) is 30.6 Å². The summed E-state index contributed by atoms with van der Waals surface area (Å²) in [5, 5.41) is 0. The summed E-state index contributed by atoms with van der Waals surface area (Å²) in [5.41, 5.74) is 0. The zero-order chi connectivity index (χ0) is 19.8. The number of alkyl halides is 3. The molecule has 0 amide bonds. The number of rotatable bonds is 11. The fourth-order valence-electron chi connectivity index (χ4n) is 1.61. The third-order valence-electron chi connectivity index (χ3n) is 2.56. The molecule has 0 fully saturated rings. The van der Waals surface area contributed by atoms with Crippen molar-refractivity contribution in [1.29, 1.82) is 0 Å². The van der Waals surface area contributed by atoms with Gasteiger partial charge in [-0.25, -0.2) is 0 Å². The molecule has 0 saturated heterocycles. The Bertz CT molecular complexity index is 657. The number of ether oxygens (including phenoxy) is 1. The van der Waals surface area contributed by atoms with Gasteiger partial charge in [-0.1, -0.05) is 11.4 Å². The quantitative estimate of drug-likeness (QED) is 0.268. The Labute approximate surface area is 163 Å². The highest BCUT2D eigenvalue weighted by Gasteiger charge is 2.30. The van der Waals surface area contributed by atoms with E-state index in [1.807, 2.05) is 0 Å². The minimum Gasteiger partial charge on any atom is -0.443 e. The monoisotopic (exact) mass is 470 g/mol. The van der Waals surface area contributed by atoms with Crippen LogP contribution in [-0.4, -0.2) is 46.6 Å². The van der Waals surface area contributed by atoms with Gasteiger partial charge in [0.25, 0.3) is 6.57 Å². The molecule has 150 valence electrons. The van der Waals surface area contributed by atoms with Crippen LogP contribution in [0, 0.1) is 0 Å². The van der Waals surface area contributed by atoms with Crippen LogP contribution in [0.5, 0.6) is 5.75 Å². The van der Waals surface area contributed by atoms with Gasteiger partial charge in [-0.2, -0.15) is 13.2 Å². The maximum atomic E-state index is 12.2. The van der Waals surface area contributed by atoms with Crippen molar-refractivity contribution in [3.63, 3.8) is 0 Å². The van der Waals surface area contributed by atoms with Crippen LogP contribution in [0.3, 0.4) is 0 Å². The van der Waals surface area contributed by atoms with Gasteiger partial charge in [0.15, 0.2) is 0 Å². The normalized spacial score (nSPS) is 16.7. The molecule has 2 unspecified atom stereocenters. The van der Waals surface area contributed by atoms with Gasteiger partial charge < -0.3 is 19.0 Å². The van der Waals surface area contributed by atoms with Crippen molar-refractivity contribution in [2.45, 2.75) is 18.0 Å². The van der Waals surface area contributed by atoms with Gasteiger partial charge in [0.2, 0.25) is 6.49 Å². The second-order valence-electron chi connectivity index (χ2n) is 4.91. The molecule has 0 bridgehead atoms. The molecule has 0 aromatic heterocycles. The lowest BCUT2D eigenvalue weighted by Crippen LogP contribution is -2.10. The molecule has 0 aliphatic heterocycles. The van der Waals surface area contributed by atoms with Crippen LogP contribution < -0.4 is 4.52 Å². The lowest BCUT2D eigenvalue weighted by Gasteiger charge is -2.20. The van der Waals surface area contributed by atoms with E-state index < -0.39 is 30.9 Å². The van der Waals surface area contributed by atoms with Crippen molar-refractivity contribution < 1.29 is 36.8 Å². The summed E-state index contributed by atoms with van der Waals surface area (Å²) >= 11 is 6.30. The van der Waals surface area contributed by atoms with Crippen LogP contribution in [0.15, 0.2) is 29.2 Å². The van der Waals surface area contributed by atoms with E-state index in [0.717, 1.165) is 11.4 Å². The highest BCUT2D eigenvalue weighted by molar-refractivity contribution is 8.57. The fraction of sp³-hybridized carbons (Fsp3) is 0.538. The van der Waals surface area contributed by atoms with Gasteiger partial charge in [-0.15, -0.1) is 11.8 Å². The van der Waals surface area contributed by atoms with Gasteiger partial charge in [0.1, 0.15) is 11.7 Å². The fourth-order valence-corrected chi connectivity index (χ4v) is 11.1. The average Bonchev–Trinajstić information content (AvgIpc) is 2.48. The summed E-state index contributed by atoms with van der Waals surface area (Å²) in [7, 11) is 0. The lowest BCUT2D eigenvalue weighted by molar-refractivity contribution is -0.105. The summed E-state index contributed by atoms with van der Waals surface area (Å²) in [4.78, 5) is 20.4. The molecule has 0 saturated carbocycles. The molecule has 0 aliphatic carbocycles. The van der Waals surface area contributed by atoms with Crippen LogP contribution in [0.1, 0.15) is 6.92 Å². The predicted molar refractivity (Wildman–Crippen MR) is 104 cm³/mol. The van der Waals surface area contributed by atoms with Gasteiger partial charge in [-0.05, 0) is 43.0 Å². The number of hydrogen-bond acceptors (Lipinski definition) is 6. The van der Waals surface area contributed by atoms with Crippen molar-refractivity contribution >= 4 is 48.0 Å². The third kappa shape index (κ3) is 11.2. The first-order valence-corrected chi connectivity index (χ1v) is 14.6. The molecule has 0 aliphatic rings. The Balaban J connectivity index is 2.57. The average molecular weight is 470 g/mol. The second-order valence-corrected chi connectivity index (χ2v) is 14.7. The standard InChI is InChI=1S/C13H19F3O5P2S3/c1-2-20-7-8-26-22(17,18)10-23(19,24)21-11-3-5-12(6-4-11)25-9-13(14,15)16/h3-6H,2,7-10H2,1H3,(H,17,18)(H,19,24). The highest BCUT2D eigenvalue weighted by Crippen LogP contribution is 2.64. The minimum atomic E-state index is -4.27. The number of benzene rings is 1. The molecule has 2 N–H and O–H groups in total. The molecular formula is C13H19F3O5P2S3. The summed E-state index contributed by atoms with van der Waals surface area (Å²) in [6, 6.07) is 5.52. The van der Waals surface area contributed by atoms with Crippen molar-refractivity contribution in [3.8, 4) is 5.75 Å². The van der Waals surface area contributed by atoms with Crippen LogP contribution in [0.2, 0.25) is 0 Å². The molecule has 26 heavy (non-hydrogen) atoms. The highest BCUT2D eigenvalue weighted by atomic mass is 32.7. The lowest BCUT2D eigenvalue weighted by atomic mass is 10.3. The van der Waals surface area contributed by atoms with E-state index in [1.165, 1.54) is 24.3 Å². The van der Waals surface area contributed by atoms with E-state index >= 15 is 0 Å². The SMILES string of the molecule is CCOCCSP(=O)(O)CP(O)(=S)Oc1ccc(SCC(F)(F)F)cc1. The Hall–Kier alpha value is 0.270. The van der Waals surface area contributed by atoms with Crippen molar-refractivity contribution in [3.05, 3.63) is 24.3 Å². The predicted octanol–water partition coefficient (Wildman–Crippen LogP) is 4.93. The third-order valence-corrected chi connectivity index (χ3v) is 11.8. The molecule has 1 rings (SSSR count). The van der Waals surface area contributed by atoms with Crippen LogP contribution in [-0.2, 0) is 21.1 Å². The number of thioether (sulfide) groups is 1. The van der Waals surface area contributed by atoms with Crippen LogP contribution in [0.4, 0.5) is 13.2 Å². The van der Waals surface area contributed by atoms with E-state index in [9.17, 15) is 27.5 Å². The second kappa shape index (κ2) is 10.7. The van der Waals surface area contributed by atoms with Crippen molar-refractivity contribution in [2.24, 2.45) is 0 Å². The maximum absolute atomic E-state index is 12.2. The van der Waals surface area contributed by atoms with Gasteiger partial charge in [0, 0.05) is 17.3 Å². The van der Waals surface area contributed by atoms with E-state index in [0.29, 0.717) is 29.9 Å². The Morgan fingerprint density at radius 3 is 2.38 bits per heavy atom. The first-order chi connectivity index (χ1) is 11.9. The van der Waals surface area contributed by atoms with Crippen molar-refractivity contribution in [1.82, 2.24) is 0 Å². The zero-order valence-electron chi connectivity index (χ0n) is 13.7. The Morgan fingerprint density at radius 1 is 1.23 bits per heavy atom. The zero-order valence-corrected chi connectivity index (χ0v) is 18.0. The van der Waals surface area contributed by atoms with Crippen LogP contribution in [0.25, 0.3) is 0 Å². The molecule has 1 aromatic carbocycles. The van der Waals surface area contributed by atoms with Crippen LogP contribution >= 0.6 is 36.2 Å². The molecule has 1 aromatic rings. The first kappa shape index (κ1) is 24.3. The Morgan fingerprint density at radius 2 is 1.85 bits per heavy atom. The van der Waals surface area contributed by atoms with E-state index in [1.54, 1.807) is 6.92 Å². The van der Waals surface area contributed by atoms with E-state index in [4.69, 9.17) is 21.1 Å². The topological polar surface area (TPSA) is 76.0 Å². The molecule has 0 radical (unpaired) electrons. The first-order valence-electron chi connectivity index (χ1n) is 7.27. The molecular weight excluding hydrogens is 451 g/mol. The summed E-state index contributed by atoms with van der Waals surface area (Å²) < 4.78 is 59.0. The molecule has 0 spiro atoms. The van der Waals surface area contributed by atoms with Gasteiger partial charge in [-0.3, -0.25) is 4.57 Å². The van der Waals surface area contributed by atoms with Gasteiger partial charge in [0.05, 0.1) is 12.4 Å². The largest absolute Gasteiger partial charge is 0.443 e. The Kier molecular flexibility index (Phi) is 10.0. The molecule has 2 atom stereocenters. The molecule has 5 nitrogen and oxygen atoms in total. The molecule has 13 heteroatoms. The maximum Gasteiger partial charge on any atom is 0.398 e. The number of hydrogen-bond donors (Lipinski definition) is 2. The summed E-state index contributed by atoms with van der Waals surface area (Å²) in [5.74, 6) is -1.18. The van der Waals surface area contributed by atoms with E-state index in [2.05, 4.69) is 0 Å². The summed E-state index contributed by atoms with van der Waals surface area (Å²) in [6.45, 7) is -4.73. The summed E-state index contributed by atoms with van der Waals surface area (Å²) in [6.07, 6.45) is -4.27. The number of halogens is 3. The van der Waals surface area contributed by atoms with Gasteiger partial charge >= 0.3 is 6.18 Å².